The first-order chi connectivity index (χ1) is 9.19. The lowest BCUT2D eigenvalue weighted by Gasteiger charge is -2.09. The van der Waals surface area contributed by atoms with Crippen molar-refractivity contribution >= 4 is 27.6 Å². The number of aliphatic carboxylic acids is 1. The van der Waals surface area contributed by atoms with E-state index in [0.29, 0.717) is 11.3 Å². The van der Waals surface area contributed by atoms with Gasteiger partial charge in [0, 0.05) is 17.8 Å². The van der Waals surface area contributed by atoms with E-state index in [9.17, 15) is 18.0 Å². The van der Waals surface area contributed by atoms with Crippen LogP contribution in [0.3, 0.4) is 0 Å². The van der Waals surface area contributed by atoms with E-state index in [0.717, 1.165) is 6.26 Å². The maximum Gasteiger partial charge on any atom is 0.308 e. The van der Waals surface area contributed by atoms with Crippen molar-refractivity contribution in [1.82, 2.24) is 5.32 Å². The van der Waals surface area contributed by atoms with Gasteiger partial charge in [0.05, 0.1) is 12.2 Å². The molecular formula is C12H16N2O5S. The van der Waals surface area contributed by atoms with Gasteiger partial charge < -0.3 is 10.4 Å². The second kappa shape index (κ2) is 6.38. The summed E-state index contributed by atoms with van der Waals surface area (Å²) in [6.07, 6.45) is 1.03. The van der Waals surface area contributed by atoms with Crippen molar-refractivity contribution in [1.29, 1.82) is 0 Å². The number of benzene rings is 1. The summed E-state index contributed by atoms with van der Waals surface area (Å²) in [6.45, 7) is 1.51. The average molecular weight is 300 g/mol. The Balaban J connectivity index is 2.64. The zero-order valence-electron chi connectivity index (χ0n) is 11.1. The number of amides is 1. The zero-order valence-corrected chi connectivity index (χ0v) is 11.9. The van der Waals surface area contributed by atoms with Crippen LogP contribution in [0, 0.1) is 5.92 Å². The summed E-state index contributed by atoms with van der Waals surface area (Å²) in [5.74, 6) is -2.08. The molecule has 0 aromatic heterocycles. The predicted molar refractivity (Wildman–Crippen MR) is 74.0 cm³/mol. The lowest BCUT2D eigenvalue weighted by molar-refractivity contribution is -0.140. The van der Waals surface area contributed by atoms with E-state index in [1.807, 2.05) is 0 Å². The average Bonchev–Trinajstić information content (AvgIpc) is 2.34. The number of hydrogen-bond acceptors (Lipinski definition) is 4. The van der Waals surface area contributed by atoms with E-state index in [1.54, 1.807) is 0 Å². The van der Waals surface area contributed by atoms with E-state index >= 15 is 0 Å². The van der Waals surface area contributed by atoms with Crippen LogP contribution >= 0.6 is 0 Å². The van der Waals surface area contributed by atoms with Gasteiger partial charge in [-0.25, -0.2) is 8.42 Å². The van der Waals surface area contributed by atoms with Crippen LogP contribution in [0.1, 0.15) is 17.3 Å². The number of carbonyl (C=O) groups is 2. The van der Waals surface area contributed by atoms with Gasteiger partial charge in [0.25, 0.3) is 5.91 Å². The minimum absolute atomic E-state index is 0.0253. The molecule has 1 amide bonds. The Morgan fingerprint density at radius 2 is 1.80 bits per heavy atom. The molecule has 1 rings (SSSR count). The number of hydrogen-bond donors (Lipinski definition) is 3. The van der Waals surface area contributed by atoms with Gasteiger partial charge in [-0.1, -0.05) is 6.92 Å². The SMILES string of the molecule is CC(CNC(=O)c1ccc(NS(C)(=O)=O)cc1)C(=O)O. The molecule has 0 bridgehead atoms. The minimum Gasteiger partial charge on any atom is -0.481 e. The highest BCUT2D eigenvalue weighted by Gasteiger charge is 2.13. The molecule has 8 heteroatoms. The second-order valence-electron chi connectivity index (χ2n) is 4.40. The number of rotatable bonds is 6. The van der Waals surface area contributed by atoms with Crippen molar-refractivity contribution in [3.8, 4) is 0 Å². The first-order valence-electron chi connectivity index (χ1n) is 5.78. The molecule has 0 aliphatic rings. The molecule has 110 valence electrons. The number of carboxylic acid groups (broad SMARTS) is 1. The fraction of sp³-hybridized carbons (Fsp3) is 0.333. The van der Waals surface area contributed by atoms with Crippen molar-refractivity contribution in [2.75, 3.05) is 17.5 Å². The Labute approximate surface area is 117 Å². The fourth-order valence-electron chi connectivity index (χ4n) is 1.34. The van der Waals surface area contributed by atoms with Gasteiger partial charge in [0.1, 0.15) is 0 Å². The van der Waals surface area contributed by atoms with Crippen molar-refractivity contribution < 1.29 is 23.1 Å². The van der Waals surface area contributed by atoms with E-state index in [1.165, 1.54) is 31.2 Å². The molecule has 1 atom stereocenters. The van der Waals surface area contributed by atoms with Gasteiger partial charge >= 0.3 is 5.97 Å². The smallest absolute Gasteiger partial charge is 0.308 e. The molecule has 0 spiro atoms. The third kappa shape index (κ3) is 5.27. The Morgan fingerprint density at radius 3 is 2.25 bits per heavy atom. The van der Waals surface area contributed by atoms with Crippen LogP contribution in [-0.2, 0) is 14.8 Å². The molecule has 0 heterocycles. The lowest BCUT2D eigenvalue weighted by atomic mass is 10.1. The molecule has 0 aliphatic carbocycles. The molecule has 0 saturated carbocycles. The van der Waals surface area contributed by atoms with Crippen LogP contribution in [0.2, 0.25) is 0 Å². The zero-order chi connectivity index (χ0) is 15.3. The topological polar surface area (TPSA) is 113 Å². The largest absolute Gasteiger partial charge is 0.481 e. The van der Waals surface area contributed by atoms with E-state index < -0.39 is 27.8 Å². The summed E-state index contributed by atoms with van der Waals surface area (Å²) in [6, 6.07) is 5.82. The molecule has 1 unspecified atom stereocenters. The highest BCUT2D eigenvalue weighted by atomic mass is 32.2. The number of sulfonamides is 1. The van der Waals surface area contributed by atoms with Crippen molar-refractivity contribution in [2.24, 2.45) is 5.92 Å². The molecule has 0 saturated heterocycles. The molecule has 0 aliphatic heterocycles. The third-order valence-electron chi connectivity index (χ3n) is 2.44. The van der Waals surface area contributed by atoms with Gasteiger partial charge in [-0.2, -0.15) is 0 Å². The standard InChI is InChI=1S/C12H16N2O5S/c1-8(12(16)17)7-13-11(15)9-3-5-10(6-4-9)14-20(2,18)19/h3-6,8,14H,7H2,1-2H3,(H,13,15)(H,16,17). The molecule has 1 aromatic rings. The van der Waals surface area contributed by atoms with Gasteiger partial charge in [0.15, 0.2) is 0 Å². The molecule has 3 N–H and O–H groups in total. The van der Waals surface area contributed by atoms with Crippen molar-refractivity contribution in [3.05, 3.63) is 29.8 Å². The minimum atomic E-state index is -3.36. The van der Waals surface area contributed by atoms with Gasteiger partial charge in [-0.05, 0) is 24.3 Å². The maximum absolute atomic E-state index is 11.7. The summed E-state index contributed by atoms with van der Waals surface area (Å²) in [7, 11) is -3.36. The number of carbonyl (C=O) groups excluding carboxylic acids is 1. The van der Waals surface area contributed by atoms with Gasteiger partial charge in [-0.3, -0.25) is 14.3 Å². The molecule has 20 heavy (non-hydrogen) atoms. The van der Waals surface area contributed by atoms with Crippen molar-refractivity contribution in [3.63, 3.8) is 0 Å². The first kappa shape index (κ1) is 16.0. The molecule has 7 nitrogen and oxygen atoms in total. The first-order valence-corrected chi connectivity index (χ1v) is 7.67. The summed E-state index contributed by atoms with van der Waals surface area (Å²) < 4.78 is 24.3. The van der Waals surface area contributed by atoms with Crippen LogP contribution in [0.15, 0.2) is 24.3 Å². The Morgan fingerprint density at radius 1 is 1.25 bits per heavy atom. The van der Waals surface area contributed by atoms with E-state index in [-0.39, 0.29) is 6.54 Å². The summed E-state index contributed by atoms with van der Waals surface area (Å²) in [4.78, 5) is 22.3. The van der Waals surface area contributed by atoms with Gasteiger partial charge in [0.2, 0.25) is 10.0 Å². The molecule has 0 radical (unpaired) electrons. The summed E-state index contributed by atoms with van der Waals surface area (Å²) in [5, 5.41) is 11.2. The fourth-order valence-corrected chi connectivity index (χ4v) is 1.90. The Kier molecular flexibility index (Phi) is 5.09. The van der Waals surface area contributed by atoms with Crippen LogP contribution in [0.25, 0.3) is 0 Å². The molecular weight excluding hydrogens is 284 g/mol. The number of nitrogens with one attached hydrogen (secondary N) is 2. The number of anilines is 1. The van der Waals surface area contributed by atoms with Crippen LogP contribution in [0.4, 0.5) is 5.69 Å². The normalized spacial score (nSPS) is 12.5. The van der Waals surface area contributed by atoms with E-state index in [4.69, 9.17) is 5.11 Å². The third-order valence-corrected chi connectivity index (χ3v) is 3.05. The highest BCUT2D eigenvalue weighted by Crippen LogP contribution is 2.10. The highest BCUT2D eigenvalue weighted by molar-refractivity contribution is 7.92. The van der Waals surface area contributed by atoms with Crippen LogP contribution in [-0.4, -0.2) is 38.2 Å². The van der Waals surface area contributed by atoms with Crippen molar-refractivity contribution in [2.45, 2.75) is 6.92 Å². The van der Waals surface area contributed by atoms with Crippen LogP contribution < -0.4 is 10.0 Å². The Hall–Kier alpha value is -2.09. The quantitative estimate of drug-likeness (QED) is 0.708. The molecule has 0 fully saturated rings. The van der Waals surface area contributed by atoms with Gasteiger partial charge in [-0.15, -0.1) is 0 Å². The number of carboxylic acids is 1. The maximum atomic E-state index is 11.7. The molecule has 1 aromatic carbocycles. The summed E-state index contributed by atoms with van der Waals surface area (Å²) >= 11 is 0. The van der Waals surface area contributed by atoms with E-state index in [2.05, 4.69) is 10.0 Å². The predicted octanol–water partition coefficient (Wildman–Crippen LogP) is 0.509. The van der Waals surface area contributed by atoms with Crippen LogP contribution in [0.5, 0.6) is 0 Å². The Bertz CT molecular complexity index is 595. The summed E-state index contributed by atoms with van der Waals surface area (Å²) in [5.41, 5.74) is 0.671. The monoisotopic (exact) mass is 300 g/mol. The second-order valence-corrected chi connectivity index (χ2v) is 6.15. The lowest BCUT2D eigenvalue weighted by Crippen LogP contribution is -2.31.